The van der Waals surface area contributed by atoms with Crippen molar-refractivity contribution < 1.29 is 0 Å². The van der Waals surface area contributed by atoms with Crippen LogP contribution in [0.2, 0.25) is 0 Å². The third kappa shape index (κ3) is 3.94. The van der Waals surface area contributed by atoms with E-state index in [1.807, 2.05) is 0 Å². The van der Waals surface area contributed by atoms with Gasteiger partial charge in [-0.3, -0.25) is 0 Å². The average molecular weight is 275 g/mol. The molecular weight excluding hydrogens is 246 g/mol. The molecule has 1 fully saturated rings. The molecule has 2 unspecified atom stereocenters. The van der Waals surface area contributed by atoms with E-state index in [-0.39, 0.29) is 0 Å². The summed E-state index contributed by atoms with van der Waals surface area (Å²) in [7, 11) is 0. The molecule has 2 atom stereocenters. The molecule has 1 saturated carbocycles. The van der Waals surface area contributed by atoms with Crippen LogP contribution in [0, 0.1) is 11.8 Å². The third-order valence-electron chi connectivity index (χ3n) is 4.26. The monoisotopic (exact) mass is 275 g/mol. The maximum absolute atomic E-state index is 4.86. The molecule has 0 spiro atoms. The van der Waals surface area contributed by atoms with Crippen molar-refractivity contribution in [3.05, 3.63) is 17.6 Å². The molecule has 112 valence electrons. The van der Waals surface area contributed by atoms with Crippen LogP contribution >= 0.6 is 0 Å². The van der Waals surface area contributed by atoms with Crippen molar-refractivity contribution in [2.45, 2.75) is 65.7 Å². The molecule has 3 heteroatoms. The van der Waals surface area contributed by atoms with E-state index >= 15 is 0 Å². The van der Waals surface area contributed by atoms with Crippen LogP contribution in [0.15, 0.2) is 6.07 Å². The normalized spacial score (nSPS) is 22.4. The van der Waals surface area contributed by atoms with Crippen molar-refractivity contribution in [3.63, 3.8) is 0 Å². The molecule has 1 heterocycles. The third-order valence-corrected chi connectivity index (χ3v) is 4.26. The number of hydrogen-bond acceptors (Lipinski definition) is 3. The molecule has 20 heavy (non-hydrogen) atoms. The highest BCUT2D eigenvalue weighted by atomic mass is 15.0. The predicted molar refractivity (Wildman–Crippen MR) is 85.1 cm³/mol. The summed E-state index contributed by atoms with van der Waals surface area (Å²) in [6.07, 6.45) is 6.21. The molecule has 1 aromatic heterocycles. The van der Waals surface area contributed by atoms with Crippen LogP contribution in [0.3, 0.4) is 0 Å². The van der Waals surface area contributed by atoms with Crippen LogP contribution in [-0.2, 0) is 6.42 Å². The molecule has 1 aliphatic carbocycles. The fourth-order valence-corrected chi connectivity index (χ4v) is 3.18. The van der Waals surface area contributed by atoms with E-state index in [1.54, 1.807) is 0 Å². The van der Waals surface area contributed by atoms with Crippen molar-refractivity contribution in [2.24, 2.45) is 11.8 Å². The van der Waals surface area contributed by atoms with E-state index in [0.717, 1.165) is 30.5 Å². The van der Waals surface area contributed by atoms with Gasteiger partial charge in [0.25, 0.3) is 0 Å². The fraction of sp³-hybridized carbons (Fsp3) is 0.765. The highest BCUT2D eigenvalue weighted by Crippen LogP contribution is 2.38. The van der Waals surface area contributed by atoms with Gasteiger partial charge in [0.15, 0.2) is 0 Å². The van der Waals surface area contributed by atoms with Gasteiger partial charge in [-0.25, -0.2) is 9.97 Å². The molecule has 1 aromatic rings. The molecule has 2 rings (SSSR count). The summed E-state index contributed by atoms with van der Waals surface area (Å²) >= 11 is 0. The van der Waals surface area contributed by atoms with E-state index in [1.165, 1.54) is 31.4 Å². The van der Waals surface area contributed by atoms with Crippen LogP contribution in [0.5, 0.6) is 0 Å². The summed E-state index contributed by atoms with van der Waals surface area (Å²) in [5.41, 5.74) is 1.20. The lowest BCUT2D eigenvalue weighted by molar-refractivity contribution is 0.515. The average Bonchev–Trinajstić information content (AvgIpc) is 2.86. The fourth-order valence-electron chi connectivity index (χ4n) is 3.18. The van der Waals surface area contributed by atoms with Gasteiger partial charge in [0.2, 0.25) is 0 Å². The SMILES string of the molecule is CCNc1cc(CC(C)C)nc(C2CCC(CC)C2)n1. The molecule has 0 saturated heterocycles. The molecule has 0 aromatic carbocycles. The van der Waals surface area contributed by atoms with Gasteiger partial charge in [-0.1, -0.05) is 27.2 Å². The van der Waals surface area contributed by atoms with Gasteiger partial charge in [0.1, 0.15) is 11.6 Å². The molecular formula is C17H29N3. The van der Waals surface area contributed by atoms with Gasteiger partial charge in [-0.2, -0.15) is 0 Å². The molecule has 0 radical (unpaired) electrons. The number of nitrogens with one attached hydrogen (secondary N) is 1. The van der Waals surface area contributed by atoms with Gasteiger partial charge in [0.05, 0.1) is 0 Å². The van der Waals surface area contributed by atoms with E-state index in [2.05, 4.69) is 39.1 Å². The maximum atomic E-state index is 4.86. The lowest BCUT2D eigenvalue weighted by Crippen LogP contribution is -2.10. The smallest absolute Gasteiger partial charge is 0.134 e. The summed E-state index contributed by atoms with van der Waals surface area (Å²) in [6, 6.07) is 2.12. The number of hydrogen-bond donors (Lipinski definition) is 1. The minimum absolute atomic E-state index is 0.574. The standard InChI is InChI=1S/C17H29N3/c1-5-13-7-8-14(10-13)17-19-15(9-12(3)4)11-16(20-17)18-6-2/h11-14H,5-10H2,1-4H3,(H,18,19,20). The Morgan fingerprint density at radius 3 is 2.65 bits per heavy atom. The Kier molecular flexibility index (Phi) is 5.38. The minimum Gasteiger partial charge on any atom is -0.370 e. The molecule has 0 amide bonds. The van der Waals surface area contributed by atoms with Crippen molar-refractivity contribution >= 4 is 5.82 Å². The van der Waals surface area contributed by atoms with Crippen LogP contribution in [0.4, 0.5) is 5.82 Å². The largest absolute Gasteiger partial charge is 0.370 e. The zero-order valence-electron chi connectivity index (χ0n) is 13.4. The molecule has 0 aliphatic heterocycles. The van der Waals surface area contributed by atoms with Crippen LogP contribution < -0.4 is 5.32 Å². The summed E-state index contributed by atoms with van der Waals surface area (Å²) in [4.78, 5) is 9.61. The first kappa shape index (κ1) is 15.3. The van der Waals surface area contributed by atoms with Gasteiger partial charge in [-0.05, 0) is 44.4 Å². The van der Waals surface area contributed by atoms with E-state index < -0.39 is 0 Å². The quantitative estimate of drug-likeness (QED) is 0.836. The van der Waals surface area contributed by atoms with Crippen LogP contribution in [0.25, 0.3) is 0 Å². The van der Waals surface area contributed by atoms with E-state index in [0.29, 0.717) is 11.8 Å². The first-order valence-corrected chi connectivity index (χ1v) is 8.24. The Bertz CT molecular complexity index is 428. The molecule has 1 N–H and O–H groups in total. The molecule has 0 bridgehead atoms. The molecule has 1 aliphatic rings. The van der Waals surface area contributed by atoms with Gasteiger partial charge < -0.3 is 5.32 Å². The van der Waals surface area contributed by atoms with Crippen molar-refractivity contribution in [1.82, 2.24) is 9.97 Å². The maximum Gasteiger partial charge on any atom is 0.134 e. The van der Waals surface area contributed by atoms with Gasteiger partial charge in [0, 0.05) is 24.2 Å². The Morgan fingerprint density at radius 2 is 2.05 bits per heavy atom. The summed E-state index contributed by atoms with van der Waals surface area (Å²) < 4.78 is 0. The first-order valence-electron chi connectivity index (χ1n) is 8.24. The first-order chi connectivity index (χ1) is 9.62. The second-order valence-corrected chi connectivity index (χ2v) is 6.52. The lowest BCUT2D eigenvalue weighted by Gasteiger charge is -2.14. The van der Waals surface area contributed by atoms with E-state index in [4.69, 9.17) is 9.97 Å². The highest BCUT2D eigenvalue weighted by molar-refractivity contribution is 5.36. The van der Waals surface area contributed by atoms with Crippen molar-refractivity contribution in [3.8, 4) is 0 Å². The number of nitrogens with zero attached hydrogens (tertiary/aromatic N) is 2. The summed E-state index contributed by atoms with van der Waals surface area (Å²) in [5.74, 6) is 4.17. The highest BCUT2D eigenvalue weighted by Gasteiger charge is 2.27. The summed E-state index contributed by atoms with van der Waals surface area (Å²) in [5, 5.41) is 3.36. The van der Waals surface area contributed by atoms with Crippen molar-refractivity contribution in [2.75, 3.05) is 11.9 Å². The predicted octanol–water partition coefficient (Wildman–Crippen LogP) is 4.40. The van der Waals surface area contributed by atoms with Crippen LogP contribution in [-0.4, -0.2) is 16.5 Å². The Morgan fingerprint density at radius 1 is 1.25 bits per heavy atom. The van der Waals surface area contributed by atoms with Crippen LogP contribution in [0.1, 0.15) is 70.8 Å². The second-order valence-electron chi connectivity index (χ2n) is 6.52. The Balaban J connectivity index is 2.20. The van der Waals surface area contributed by atoms with E-state index in [9.17, 15) is 0 Å². The lowest BCUT2D eigenvalue weighted by atomic mass is 10.0. The summed E-state index contributed by atoms with van der Waals surface area (Å²) in [6.45, 7) is 9.83. The molecule has 3 nitrogen and oxygen atoms in total. The minimum atomic E-state index is 0.574. The topological polar surface area (TPSA) is 37.8 Å². The Hall–Kier alpha value is -1.12. The van der Waals surface area contributed by atoms with Gasteiger partial charge >= 0.3 is 0 Å². The second kappa shape index (κ2) is 7.05. The number of rotatable bonds is 6. The zero-order chi connectivity index (χ0) is 14.5. The van der Waals surface area contributed by atoms with Crippen molar-refractivity contribution in [1.29, 1.82) is 0 Å². The zero-order valence-corrected chi connectivity index (χ0v) is 13.4. The number of aromatic nitrogens is 2. The van der Waals surface area contributed by atoms with Gasteiger partial charge in [-0.15, -0.1) is 0 Å². The Labute approximate surface area is 123 Å². The number of anilines is 1.